The zero-order chi connectivity index (χ0) is 20.1. The number of hydrogen-bond acceptors (Lipinski definition) is 4. The second-order valence-corrected chi connectivity index (χ2v) is 6.67. The molecule has 3 aromatic rings. The first-order valence-corrected chi connectivity index (χ1v) is 9.14. The summed E-state index contributed by atoms with van der Waals surface area (Å²) in [6, 6.07) is 14.2. The van der Waals surface area contributed by atoms with Crippen LogP contribution in [0.5, 0.6) is 0 Å². The van der Waals surface area contributed by atoms with E-state index in [1.807, 2.05) is 32.0 Å². The predicted molar refractivity (Wildman–Crippen MR) is 108 cm³/mol. The molecule has 0 bridgehead atoms. The van der Waals surface area contributed by atoms with Gasteiger partial charge in [-0.15, -0.1) is 0 Å². The van der Waals surface area contributed by atoms with Gasteiger partial charge in [0.15, 0.2) is 0 Å². The highest BCUT2D eigenvalue weighted by Gasteiger charge is 2.12. The molecular formula is C22H23FN4O. The van der Waals surface area contributed by atoms with E-state index in [1.165, 1.54) is 6.07 Å². The van der Waals surface area contributed by atoms with Crippen molar-refractivity contribution in [1.29, 1.82) is 0 Å². The van der Waals surface area contributed by atoms with Crippen molar-refractivity contribution in [2.24, 2.45) is 0 Å². The number of aromatic nitrogens is 2. The molecule has 5 nitrogen and oxygen atoms in total. The Bertz CT molecular complexity index is 983. The molecule has 0 atom stereocenters. The molecule has 28 heavy (non-hydrogen) atoms. The molecule has 0 aliphatic heterocycles. The van der Waals surface area contributed by atoms with Gasteiger partial charge < -0.3 is 10.6 Å². The Morgan fingerprint density at radius 3 is 2.43 bits per heavy atom. The van der Waals surface area contributed by atoms with Crippen molar-refractivity contribution in [2.45, 2.75) is 27.2 Å². The minimum absolute atomic E-state index is 0.269. The van der Waals surface area contributed by atoms with Crippen LogP contribution in [0, 0.1) is 26.6 Å². The lowest BCUT2D eigenvalue weighted by molar-refractivity contribution is 0.0948. The van der Waals surface area contributed by atoms with Crippen LogP contribution in [-0.2, 0) is 6.42 Å². The van der Waals surface area contributed by atoms with E-state index in [0.29, 0.717) is 30.2 Å². The summed E-state index contributed by atoms with van der Waals surface area (Å²) in [5.41, 5.74) is 3.99. The number of carbonyl (C=O) groups is 1. The number of hydrogen-bond donors (Lipinski definition) is 2. The predicted octanol–water partition coefficient (Wildman–Crippen LogP) is 4.26. The molecule has 2 N–H and O–H groups in total. The van der Waals surface area contributed by atoms with Crippen LogP contribution in [0.25, 0.3) is 0 Å². The molecule has 0 saturated carbocycles. The first-order valence-electron chi connectivity index (χ1n) is 9.14. The normalized spacial score (nSPS) is 10.6. The molecule has 6 heteroatoms. The maximum absolute atomic E-state index is 13.7. The standard InChI is InChI=1S/C22H23FN4O/c1-14-7-6-8-15(2)21(14)27-20-13-19(25-16(3)26-20)22(28)24-12-11-17-9-4-5-10-18(17)23/h4-10,13H,11-12H2,1-3H3,(H,24,28)(H,25,26,27). The third kappa shape index (κ3) is 4.71. The maximum atomic E-state index is 13.7. The van der Waals surface area contributed by atoms with Gasteiger partial charge in [-0.3, -0.25) is 4.79 Å². The van der Waals surface area contributed by atoms with E-state index in [4.69, 9.17) is 0 Å². The molecule has 0 saturated heterocycles. The second kappa shape index (κ2) is 8.61. The molecular weight excluding hydrogens is 355 g/mol. The largest absolute Gasteiger partial charge is 0.350 e. The molecule has 3 rings (SSSR count). The molecule has 0 fully saturated rings. The third-order valence-electron chi connectivity index (χ3n) is 4.44. The number of benzene rings is 2. The van der Waals surface area contributed by atoms with Crippen molar-refractivity contribution >= 4 is 17.4 Å². The van der Waals surface area contributed by atoms with Crippen molar-refractivity contribution in [3.05, 3.63) is 82.6 Å². The average molecular weight is 378 g/mol. The van der Waals surface area contributed by atoms with Gasteiger partial charge in [0.2, 0.25) is 0 Å². The molecule has 2 aromatic carbocycles. The first kappa shape index (κ1) is 19.5. The minimum Gasteiger partial charge on any atom is -0.350 e. The SMILES string of the molecule is Cc1nc(Nc2c(C)cccc2C)cc(C(=O)NCCc2ccccc2F)n1. The van der Waals surface area contributed by atoms with E-state index in [-0.39, 0.29) is 17.4 Å². The van der Waals surface area contributed by atoms with Gasteiger partial charge in [-0.25, -0.2) is 14.4 Å². The van der Waals surface area contributed by atoms with Crippen LogP contribution in [0.1, 0.15) is 33.0 Å². The smallest absolute Gasteiger partial charge is 0.270 e. The summed E-state index contributed by atoms with van der Waals surface area (Å²) >= 11 is 0. The summed E-state index contributed by atoms with van der Waals surface area (Å²) in [7, 11) is 0. The van der Waals surface area contributed by atoms with Gasteiger partial charge in [-0.1, -0.05) is 36.4 Å². The van der Waals surface area contributed by atoms with Gasteiger partial charge in [-0.2, -0.15) is 0 Å². The number of para-hydroxylation sites is 1. The van der Waals surface area contributed by atoms with Gasteiger partial charge in [0, 0.05) is 18.3 Å². The Kier molecular flexibility index (Phi) is 5.99. The highest BCUT2D eigenvalue weighted by Crippen LogP contribution is 2.23. The molecule has 0 spiro atoms. The van der Waals surface area contributed by atoms with E-state index in [2.05, 4.69) is 20.6 Å². The van der Waals surface area contributed by atoms with Crippen LogP contribution in [-0.4, -0.2) is 22.4 Å². The van der Waals surface area contributed by atoms with E-state index < -0.39 is 0 Å². The summed E-state index contributed by atoms with van der Waals surface area (Å²) in [6.07, 6.45) is 0.413. The highest BCUT2D eigenvalue weighted by molar-refractivity contribution is 5.93. The fourth-order valence-electron chi connectivity index (χ4n) is 2.99. The van der Waals surface area contributed by atoms with E-state index in [0.717, 1.165) is 16.8 Å². The van der Waals surface area contributed by atoms with Crippen LogP contribution in [0.3, 0.4) is 0 Å². The lowest BCUT2D eigenvalue weighted by Gasteiger charge is -2.13. The zero-order valence-electron chi connectivity index (χ0n) is 16.2. The molecule has 0 aliphatic rings. The Hall–Kier alpha value is -3.28. The second-order valence-electron chi connectivity index (χ2n) is 6.67. The molecule has 1 heterocycles. The minimum atomic E-state index is -0.314. The Morgan fingerprint density at radius 2 is 1.71 bits per heavy atom. The van der Waals surface area contributed by atoms with Gasteiger partial charge in [-0.05, 0) is 49.9 Å². The molecule has 144 valence electrons. The number of anilines is 2. The van der Waals surface area contributed by atoms with Crippen molar-refractivity contribution in [3.63, 3.8) is 0 Å². The van der Waals surface area contributed by atoms with Gasteiger partial charge in [0.25, 0.3) is 5.91 Å². The monoisotopic (exact) mass is 378 g/mol. The van der Waals surface area contributed by atoms with Crippen LogP contribution in [0.2, 0.25) is 0 Å². The zero-order valence-corrected chi connectivity index (χ0v) is 16.2. The summed E-state index contributed by atoms with van der Waals surface area (Å²) in [5.74, 6) is 0.473. The van der Waals surface area contributed by atoms with Crippen LogP contribution >= 0.6 is 0 Å². The third-order valence-corrected chi connectivity index (χ3v) is 4.44. The molecule has 1 amide bonds. The van der Waals surface area contributed by atoms with E-state index in [1.54, 1.807) is 31.2 Å². The lowest BCUT2D eigenvalue weighted by Crippen LogP contribution is -2.27. The van der Waals surface area contributed by atoms with Gasteiger partial charge in [0.05, 0.1) is 0 Å². The lowest BCUT2D eigenvalue weighted by atomic mass is 10.1. The van der Waals surface area contributed by atoms with Crippen LogP contribution in [0.15, 0.2) is 48.5 Å². The number of amides is 1. The number of halogens is 1. The summed E-state index contributed by atoms with van der Waals surface area (Å²) in [5, 5.41) is 6.08. The van der Waals surface area contributed by atoms with Gasteiger partial charge in [0.1, 0.15) is 23.2 Å². The highest BCUT2D eigenvalue weighted by atomic mass is 19.1. The first-order chi connectivity index (χ1) is 13.4. The number of aryl methyl sites for hydroxylation is 3. The van der Waals surface area contributed by atoms with Crippen LogP contribution in [0.4, 0.5) is 15.9 Å². The van der Waals surface area contributed by atoms with Crippen molar-refractivity contribution in [3.8, 4) is 0 Å². The van der Waals surface area contributed by atoms with Crippen molar-refractivity contribution in [2.75, 3.05) is 11.9 Å². The summed E-state index contributed by atoms with van der Waals surface area (Å²) in [4.78, 5) is 21.1. The Morgan fingerprint density at radius 1 is 1.00 bits per heavy atom. The van der Waals surface area contributed by atoms with E-state index in [9.17, 15) is 9.18 Å². The average Bonchev–Trinajstić information content (AvgIpc) is 2.66. The molecule has 1 aromatic heterocycles. The number of nitrogens with one attached hydrogen (secondary N) is 2. The van der Waals surface area contributed by atoms with Crippen molar-refractivity contribution in [1.82, 2.24) is 15.3 Å². The number of carbonyl (C=O) groups excluding carboxylic acids is 1. The van der Waals surface area contributed by atoms with E-state index >= 15 is 0 Å². The Balaban J connectivity index is 1.70. The van der Waals surface area contributed by atoms with Crippen molar-refractivity contribution < 1.29 is 9.18 Å². The molecule has 0 aliphatic carbocycles. The summed E-state index contributed by atoms with van der Waals surface area (Å²) < 4.78 is 13.7. The fraction of sp³-hybridized carbons (Fsp3) is 0.227. The Labute approximate surface area is 164 Å². The fourth-order valence-corrected chi connectivity index (χ4v) is 2.99. The molecule has 0 radical (unpaired) electrons. The number of rotatable bonds is 6. The maximum Gasteiger partial charge on any atom is 0.270 e. The summed E-state index contributed by atoms with van der Waals surface area (Å²) in [6.45, 7) is 6.09. The number of nitrogens with zero attached hydrogens (tertiary/aromatic N) is 2. The van der Waals surface area contributed by atoms with Gasteiger partial charge >= 0.3 is 0 Å². The quantitative estimate of drug-likeness (QED) is 0.673. The topological polar surface area (TPSA) is 66.9 Å². The van der Waals surface area contributed by atoms with Crippen LogP contribution < -0.4 is 10.6 Å². The molecule has 0 unspecified atom stereocenters.